The molecular formula is C33H45F2N7O3. The summed E-state index contributed by atoms with van der Waals surface area (Å²) in [6.45, 7) is 5.13. The molecule has 5 fully saturated rings. The average molecular weight is 626 g/mol. The quantitative estimate of drug-likeness (QED) is 0.318. The Kier molecular flexibility index (Phi) is 7.84. The predicted molar refractivity (Wildman–Crippen MR) is 167 cm³/mol. The van der Waals surface area contributed by atoms with Gasteiger partial charge in [0.1, 0.15) is 12.3 Å². The molecule has 45 heavy (non-hydrogen) atoms. The van der Waals surface area contributed by atoms with Gasteiger partial charge in [0.05, 0.1) is 11.9 Å². The number of likely N-dealkylation sites (tertiary alicyclic amines) is 1. The van der Waals surface area contributed by atoms with Gasteiger partial charge in [0, 0.05) is 43.6 Å². The second kappa shape index (κ2) is 11.9. The van der Waals surface area contributed by atoms with Crippen molar-refractivity contribution in [1.29, 1.82) is 0 Å². The van der Waals surface area contributed by atoms with Crippen LogP contribution in [0.1, 0.15) is 75.3 Å². The van der Waals surface area contributed by atoms with E-state index in [4.69, 9.17) is 15.2 Å². The highest BCUT2D eigenvalue weighted by molar-refractivity contribution is 5.73. The third-order valence-corrected chi connectivity index (χ3v) is 11.1. The third kappa shape index (κ3) is 6.24. The van der Waals surface area contributed by atoms with Crippen molar-refractivity contribution in [3.63, 3.8) is 0 Å². The maximum absolute atomic E-state index is 13.8. The first kappa shape index (κ1) is 29.7. The largest absolute Gasteiger partial charge is 0.450 e. The topological polar surface area (TPSA) is 113 Å². The second-order valence-corrected chi connectivity index (χ2v) is 14.2. The Hall–Kier alpha value is -2.64. The molecule has 0 amide bonds. The number of hydrogen-bond acceptors (Lipinski definition) is 9. The summed E-state index contributed by atoms with van der Waals surface area (Å²) in [7, 11) is 0. The standard InChI is InChI=1S/C33H45F2N7O3/c34-33(35)16-22(33)17-41(25-7-11-37-12-8-25)31-29(45-31)18-40-13-9-20(10-14-40)21-1-6-27-26(15-21)38-30-28(44-27)19-42(32(43)39-30)24-4-2-23(36)3-5-24/h1,6,15,19-20,22-25,29,31,37H,2-5,7-14,16-18,36H2,(H,38,39,43). The van der Waals surface area contributed by atoms with Crippen molar-refractivity contribution < 1.29 is 18.3 Å². The lowest BCUT2D eigenvalue weighted by Crippen LogP contribution is -2.47. The molecule has 244 valence electrons. The van der Waals surface area contributed by atoms with Gasteiger partial charge in [0.15, 0.2) is 17.3 Å². The zero-order valence-electron chi connectivity index (χ0n) is 25.8. The minimum absolute atomic E-state index is 0.0166. The Morgan fingerprint density at radius 1 is 1.04 bits per heavy atom. The maximum atomic E-state index is 13.8. The Labute approximate surface area is 262 Å². The maximum Gasteiger partial charge on any atom is 0.350 e. The van der Waals surface area contributed by atoms with Gasteiger partial charge in [-0.15, -0.1) is 0 Å². The second-order valence-electron chi connectivity index (χ2n) is 14.2. The van der Waals surface area contributed by atoms with Crippen molar-refractivity contribution in [3.8, 4) is 11.5 Å². The molecule has 5 heterocycles. The monoisotopic (exact) mass is 625 g/mol. The molecule has 0 spiro atoms. The number of piperidine rings is 2. The summed E-state index contributed by atoms with van der Waals surface area (Å²) < 4.78 is 41.7. The van der Waals surface area contributed by atoms with Gasteiger partial charge in [-0.1, -0.05) is 6.07 Å². The Morgan fingerprint density at radius 2 is 1.80 bits per heavy atom. The number of fused-ring (bicyclic) bond motifs is 2. The highest BCUT2D eigenvalue weighted by Gasteiger charge is 2.59. The van der Waals surface area contributed by atoms with E-state index in [1.807, 2.05) is 6.07 Å². The molecule has 3 atom stereocenters. The fourth-order valence-corrected chi connectivity index (χ4v) is 8.07. The van der Waals surface area contributed by atoms with Crippen LogP contribution in [-0.2, 0) is 4.74 Å². The number of benzene rings is 1. The molecule has 4 N–H and O–H groups in total. The van der Waals surface area contributed by atoms with E-state index < -0.39 is 11.8 Å². The Bertz CT molecular complexity index is 1450. The number of epoxide rings is 1. The minimum Gasteiger partial charge on any atom is -0.450 e. The molecule has 2 aromatic rings. The van der Waals surface area contributed by atoms with Crippen LogP contribution < -0.4 is 26.8 Å². The molecule has 1 aromatic carbocycles. The smallest absolute Gasteiger partial charge is 0.350 e. The normalized spacial score (nSPS) is 31.5. The van der Waals surface area contributed by atoms with E-state index in [0.717, 1.165) is 95.5 Å². The van der Waals surface area contributed by atoms with Gasteiger partial charge in [0.25, 0.3) is 5.92 Å². The minimum atomic E-state index is -2.50. The number of hydrogen-bond donors (Lipinski definition) is 3. The highest BCUT2D eigenvalue weighted by Crippen LogP contribution is 2.50. The molecule has 6 aliphatic rings. The van der Waals surface area contributed by atoms with Crippen molar-refractivity contribution in [2.75, 3.05) is 44.6 Å². The first-order chi connectivity index (χ1) is 21.8. The van der Waals surface area contributed by atoms with E-state index >= 15 is 0 Å². The van der Waals surface area contributed by atoms with Gasteiger partial charge < -0.3 is 30.7 Å². The van der Waals surface area contributed by atoms with Crippen LogP contribution in [0.25, 0.3) is 0 Å². The van der Waals surface area contributed by atoms with Crippen molar-refractivity contribution in [3.05, 3.63) is 40.4 Å². The number of ether oxygens (including phenoxy) is 2. The van der Waals surface area contributed by atoms with Crippen molar-refractivity contribution in [2.45, 2.75) is 100 Å². The number of anilines is 2. The lowest BCUT2D eigenvalue weighted by Gasteiger charge is -2.34. The predicted octanol–water partition coefficient (Wildman–Crippen LogP) is 4.15. The summed E-state index contributed by atoms with van der Waals surface area (Å²) in [4.78, 5) is 22.0. The molecule has 8 rings (SSSR count). The summed E-state index contributed by atoms with van der Waals surface area (Å²) in [5.41, 5.74) is 7.89. The zero-order chi connectivity index (χ0) is 30.7. The summed E-state index contributed by atoms with van der Waals surface area (Å²) >= 11 is 0. The lowest BCUT2D eigenvalue weighted by molar-refractivity contribution is 0.0554. The lowest BCUT2D eigenvalue weighted by atomic mass is 9.89. The number of aromatic nitrogens is 2. The molecule has 3 saturated heterocycles. The summed E-state index contributed by atoms with van der Waals surface area (Å²) in [6.07, 6.45) is 9.51. The van der Waals surface area contributed by atoms with Crippen molar-refractivity contribution in [1.82, 2.24) is 24.7 Å². The van der Waals surface area contributed by atoms with E-state index in [1.54, 1.807) is 10.8 Å². The van der Waals surface area contributed by atoms with Crippen LogP contribution in [-0.4, -0.2) is 89.0 Å². The number of alkyl halides is 2. The van der Waals surface area contributed by atoms with E-state index in [-0.39, 0.29) is 36.5 Å². The molecule has 0 bridgehead atoms. The van der Waals surface area contributed by atoms with E-state index in [9.17, 15) is 13.6 Å². The van der Waals surface area contributed by atoms with Crippen LogP contribution in [0.15, 0.2) is 29.2 Å². The first-order valence-corrected chi connectivity index (χ1v) is 17.0. The third-order valence-electron chi connectivity index (χ3n) is 11.1. The van der Waals surface area contributed by atoms with Gasteiger partial charge in [-0.25, -0.2) is 13.6 Å². The molecular weight excluding hydrogens is 580 g/mol. The highest BCUT2D eigenvalue weighted by atomic mass is 19.3. The molecule has 2 saturated carbocycles. The van der Waals surface area contributed by atoms with Gasteiger partial charge in [-0.05, 0) is 101 Å². The van der Waals surface area contributed by atoms with Crippen LogP contribution in [0.4, 0.5) is 20.3 Å². The Morgan fingerprint density at radius 3 is 2.53 bits per heavy atom. The van der Waals surface area contributed by atoms with Crippen LogP contribution >= 0.6 is 0 Å². The molecule has 2 aliphatic carbocycles. The average Bonchev–Trinajstić information content (AvgIpc) is 3.95. The van der Waals surface area contributed by atoms with Crippen molar-refractivity contribution >= 4 is 11.5 Å². The number of rotatable bonds is 8. The zero-order valence-corrected chi connectivity index (χ0v) is 25.8. The fourth-order valence-electron chi connectivity index (χ4n) is 8.07. The number of nitrogens with one attached hydrogen (secondary N) is 2. The molecule has 0 radical (unpaired) electrons. The van der Waals surface area contributed by atoms with E-state index in [1.165, 1.54) is 5.56 Å². The number of nitrogens with zero attached hydrogens (tertiary/aromatic N) is 4. The van der Waals surface area contributed by atoms with Gasteiger partial charge in [-0.3, -0.25) is 9.47 Å². The molecule has 10 nitrogen and oxygen atoms in total. The SMILES string of the molecule is NC1CCC(n2cc3c(nc2=O)Nc2cc(C4CCN(CC5OC5N(CC5CC5(F)F)C5CCNCC5)CC4)ccc2O3)CC1. The number of nitrogens with two attached hydrogens (primary N) is 1. The molecule has 1 aromatic heterocycles. The number of halogens is 2. The van der Waals surface area contributed by atoms with Crippen LogP contribution in [0.2, 0.25) is 0 Å². The summed E-state index contributed by atoms with van der Waals surface area (Å²) in [5, 5.41) is 6.75. The van der Waals surface area contributed by atoms with E-state index in [0.29, 0.717) is 30.1 Å². The van der Waals surface area contributed by atoms with Crippen LogP contribution in [0, 0.1) is 5.92 Å². The Balaban J connectivity index is 0.862. The summed E-state index contributed by atoms with van der Waals surface area (Å²) in [6, 6.07) is 6.95. The first-order valence-electron chi connectivity index (χ1n) is 17.0. The van der Waals surface area contributed by atoms with Gasteiger partial charge in [0.2, 0.25) is 0 Å². The molecule has 12 heteroatoms. The summed E-state index contributed by atoms with van der Waals surface area (Å²) in [5.74, 6) is -0.821. The van der Waals surface area contributed by atoms with Gasteiger partial charge >= 0.3 is 5.69 Å². The van der Waals surface area contributed by atoms with Gasteiger partial charge in [-0.2, -0.15) is 4.98 Å². The van der Waals surface area contributed by atoms with Crippen LogP contribution in [0.3, 0.4) is 0 Å². The van der Waals surface area contributed by atoms with Crippen molar-refractivity contribution in [2.24, 2.45) is 11.7 Å². The molecule has 3 unspecified atom stereocenters. The van der Waals surface area contributed by atoms with Crippen LogP contribution in [0.5, 0.6) is 11.5 Å². The fraction of sp³-hybridized carbons (Fsp3) is 0.697. The van der Waals surface area contributed by atoms with E-state index in [2.05, 4.69) is 37.6 Å². The molecule has 4 aliphatic heterocycles.